The Bertz CT molecular complexity index is 758. The minimum absolute atomic E-state index is 0.685. The zero-order valence-electron chi connectivity index (χ0n) is 13.1. The maximum atomic E-state index is 5.75. The highest BCUT2D eigenvalue weighted by Crippen LogP contribution is 2.32. The van der Waals surface area contributed by atoms with Crippen LogP contribution in [0, 0.1) is 0 Å². The van der Waals surface area contributed by atoms with Gasteiger partial charge >= 0.3 is 0 Å². The van der Waals surface area contributed by atoms with Gasteiger partial charge in [-0.2, -0.15) is 11.8 Å². The van der Waals surface area contributed by atoms with Gasteiger partial charge in [0.15, 0.2) is 5.65 Å². The third kappa shape index (κ3) is 3.56. The summed E-state index contributed by atoms with van der Waals surface area (Å²) in [6.45, 7) is 2.83. The number of nitrogens with zero attached hydrogens (tertiary/aromatic N) is 4. The molecule has 0 aliphatic heterocycles. The third-order valence-corrected chi connectivity index (χ3v) is 4.17. The molecule has 7 heteroatoms. The molecule has 0 saturated carbocycles. The van der Waals surface area contributed by atoms with Crippen molar-refractivity contribution in [3.63, 3.8) is 0 Å². The number of ether oxygens (including phenoxy) is 2. The molecule has 1 aromatic carbocycles. The van der Waals surface area contributed by atoms with Crippen molar-refractivity contribution in [2.75, 3.05) is 25.2 Å². The van der Waals surface area contributed by atoms with E-state index in [2.05, 4.69) is 22.2 Å². The summed E-state index contributed by atoms with van der Waals surface area (Å²) in [5, 5.41) is 7.84. The molecule has 3 aromatic rings. The second-order valence-corrected chi connectivity index (χ2v) is 6.15. The monoisotopic (exact) mass is 330 g/mol. The Morgan fingerprint density at radius 1 is 1.26 bits per heavy atom. The van der Waals surface area contributed by atoms with E-state index in [0.717, 1.165) is 39.9 Å². The van der Waals surface area contributed by atoms with E-state index in [9.17, 15) is 0 Å². The summed E-state index contributed by atoms with van der Waals surface area (Å²) in [5.74, 6) is 3.60. The van der Waals surface area contributed by atoms with Crippen molar-refractivity contribution in [1.29, 1.82) is 0 Å². The first-order chi connectivity index (χ1) is 11.3. The highest BCUT2D eigenvalue weighted by molar-refractivity contribution is 7.99. The fourth-order valence-corrected chi connectivity index (χ4v) is 2.71. The van der Waals surface area contributed by atoms with Crippen LogP contribution in [0.15, 0.2) is 36.7 Å². The van der Waals surface area contributed by atoms with Crippen molar-refractivity contribution < 1.29 is 9.47 Å². The smallest absolute Gasteiger partial charge is 0.157 e. The predicted molar refractivity (Wildman–Crippen MR) is 91.3 cm³/mol. The van der Waals surface area contributed by atoms with Gasteiger partial charge in [-0.3, -0.25) is 0 Å². The van der Waals surface area contributed by atoms with Gasteiger partial charge in [0.2, 0.25) is 0 Å². The van der Waals surface area contributed by atoms with Gasteiger partial charge in [-0.25, -0.2) is 9.50 Å². The summed E-state index contributed by atoms with van der Waals surface area (Å²) in [7, 11) is 1.64. The van der Waals surface area contributed by atoms with E-state index in [-0.39, 0.29) is 0 Å². The van der Waals surface area contributed by atoms with Crippen LogP contribution >= 0.6 is 11.8 Å². The highest BCUT2D eigenvalue weighted by Gasteiger charge is 2.12. The third-order valence-electron chi connectivity index (χ3n) is 3.30. The minimum Gasteiger partial charge on any atom is -0.496 e. The number of methoxy groups -OCH3 is 1. The molecule has 23 heavy (non-hydrogen) atoms. The molecule has 6 nitrogen and oxygen atoms in total. The van der Waals surface area contributed by atoms with Crippen molar-refractivity contribution in [2.45, 2.75) is 6.92 Å². The maximum Gasteiger partial charge on any atom is 0.157 e. The first-order valence-corrected chi connectivity index (χ1v) is 8.53. The topological polar surface area (TPSA) is 61.5 Å². The maximum absolute atomic E-state index is 5.75. The normalized spacial score (nSPS) is 10.9. The highest BCUT2D eigenvalue weighted by atomic mass is 32.2. The van der Waals surface area contributed by atoms with Gasteiger partial charge in [-0.05, 0) is 17.9 Å². The number of hydrogen-bond acceptors (Lipinski definition) is 6. The summed E-state index contributed by atoms with van der Waals surface area (Å²) in [5.41, 5.74) is 2.43. The molecule has 0 spiro atoms. The van der Waals surface area contributed by atoms with Crippen LogP contribution in [0.5, 0.6) is 11.5 Å². The molecule has 3 rings (SSSR count). The molecular weight excluding hydrogens is 312 g/mol. The van der Waals surface area contributed by atoms with E-state index in [1.165, 1.54) is 0 Å². The standard InChI is InChI=1S/C16H18N4O2S/c1-3-23-9-8-22-12-4-5-13(15(10-12)21-2)14-11-20-16(18-14)6-7-17-19-20/h4-7,10-11H,3,8-9H2,1-2H3. The average Bonchev–Trinajstić information content (AvgIpc) is 3.02. The second-order valence-electron chi connectivity index (χ2n) is 4.76. The molecule has 2 aromatic heterocycles. The molecule has 0 amide bonds. The average molecular weight is 330 g/mol. The molecule has 0 radical (unpaired) electrons. The number of imidazole rings is 1. The van der Waals surface area contributed by atoms with Crippen LogP contribution in [0.4, 0.5) is 0 Å². The van der Waals surface area contributed by atoms with E-state index in [1.807, 2.05) is 42.2 Å². The fraction of sp³-hybridized carbons (Fsp3) is 0.312. The largest absolute Gasteiger partial charge is 0.496 e. The predicted octanol–water partition coefficient (Wildman–Crippen LogP) is 2.93. The number of rotatable bonds is 7. The molecule has 0 N–H and O–H groups in total. The van der Waals surface area contributed by atoms with Gasteiger partial charge in [-0.15, -0.1) is 5.10 Å². The molecule has 0 aliphatic rings. The number of hydrogen-bond donors (Lipinski definition) is 0. The van der Waals surface area contributed by atoms with Crippen LogP contribution in [-0.2, 0) is 0 Å². The summed E-state index contributed by atoms with van der Waals surface area (Å²) in [6, 6.07) is 7.59. The molecule has 120 valence electrons. The molecule has 2 heterocycles. The van der Waals surface area contributed by atoms with E-state index >= 15 is 0 Å². The van der Waals surface area contributed by atoms with Gasteiger partial charge in [0.05, 0.1) is 31.8 Å². The van der Waals surface area contributed by atoms with E-state index in [1.54, 1.807) is 17.8 Å². The Morgan fingerprint density at radius 3 is 2.96 bits per heavy atom. The molecule has 0 saturated heterocycles. The van der Waals surface area contributed by atoms with Crippen molar-refractivity contribution in [3.8, 4) is 22.8 Å². The Morgan fingerprint density at radius 2 is 2.17 bits per heavy atom. The molecule has 0 atom stereocenters. The van der Waals surface area contributed by atoms with E-state index in [4.69, 9.17) is 9.47 Å². The van der Waals surface area contributed by atoms with Gasteiger partial charge < -0.3 is 9.47 Å². The van der Waals surface area contributed by atoms with Crippen molar-refractivity contribution in [3.05, 3.63) is 36.7 Å². The Labute approximate surface area is 138 Å². The van der Waals surface area contributed by atoms with Crippen LogP contribution in [-0.4, -0.2) is 45.0 Å². The van der Waals surface area contributed by atoms with Gasteiger partial charge in [0.1, 0.15) is 11.5 Å². The Balaban J connectivity index is 1.84. The van der Waals surface area contributed by atoms with E-state index in [0.29, 0.717) is 6.61 Å². The molecule has 0 aliphatic carbocycles. The molecule has 0 unspecified atom stereocenters. The number of aromatic nitrogens is 4. The van der Waals surface area contributed by atoms with Gasteiger partial charge in [0.25, 0.3) is 0 Å². The van der Waals surface area contributed by atoms with Gasteiger partial charge in [0, 0.05) is 23.4 Å². The zero-order chi connectivity index (χ0) is 16.1. The van der Waals surface area contributed by atoms with Crippen molar-refractivity contribution in [2.24, 2.45) is 0 Å². The van der Waals surface area contributed by atoms with Crippen LogP contribution in [0.3, 0.4) is 0 Å². The lowest BCUT2D eigenvalue weighted by molar-refractivity contribution is 0.340. The SMILES string of the molecule is CCSCCOc1ccc(-c2cn3nnccc3n2)c(OC)c1. The van der Waals surface area contributed by atoms with Crippen molar-refractivity contribution in [1.82, 2.24) is 19.8 Å². The fourth-order valence-electron chi connectivity index (χ4n) is 2.22. The van der Waals surface area contributed by atoms with Gasteiger partial charge in [-0.1, -0.05) is 12.1 Å². The Hall–Kier alpha value is -2.28. The number of fused-ring (bicyclic) bond motifs is 1. The molecular formula is C16H18N4O2S. The van der Waals surface area contributed by atoms with Crippen LogP contribution < -0.4 is 9.47 Å². The van der Waals surface area contributed by atoms with Crippen LogP contribution in [0.25, 0.3) is 16.9 Å². The zero-order valence-corrected chi connectivity index (χ0v) is 13.9. The lowest BCUT2D eigenvalue weighted by Gasteiger charge is -2.10. The lowest BCUT2D eigenvalue weighted by atomic mass is 10.1. The summed E-state index contributed by atoms with van der Waals surface area (Å²) >= 11 is 1.86. The first-order valence-electron chi connectivity index (χ1n) is 7.38. The van der Waals surface area contributed by atoms with E-state index < -0.39 is 0 Å². The molecule has 0 bridgehead atoms. The quantitative estimate of drug-likeness (QED) is 0.621. The number of benzene rings is 1. The second kappa shape index (κ2) is 7.32. The summed E-state index contributed by atoms with van der Waals surface area (Å²) in [6.07, 6.45) is 3.45. The Kier molecular flexibility index (Phi) is 4.97. The van der Waals surface area contributed by atoms with Crippen LogP contribution in [0.1, 0.15) is 6.92 Å². The minimum atomic E-state index is 0.685. The summed E-state index contributed by atoms with van der Waals surface area (Å²) in [4.78, 5) is 4.54. The number of thioether (sulfide) groups is 1. The van der Waals surface area contributed by atoms with Crippen molar-refractivity contribution >= 4 is 17.4 Å². The lowest BCUT2D eigenvalue weighted by Crippen LogP contribution is -2.00. The first kappa shape index (κ1) is 15.6. The van der Waals surface area contributed by atoms with Crippen LogP contribution in [0.2, 0.25) is 0 Å². The summed E-state index contributed by atoms with van der Waals surface area (Å²) < 4.78 is 12.9. The molecule has 0 fully saturated rings.